The van der Waals surface area contributed by atoms with Gasteiger partial charge in [-0.2, -0.15) is 0 Å². The summed E-state index contributed by atoms with van der Waals surface area (Å²) < 4.78 is 13.2. The first-order valence-corrected chi connectivity index (χ1v) is 4.94. The molecule has 0 unspecified atom stereocenters. The number of rotatable bonds is 3. The molecule has 0 aliphatic rings. The second kappa shape index (κ2) is 5.09. The average molecular weight is 231 g/mol. The number of nitrogens with one attached hydrogen (secondary N) is 1. The van der Waals surface area contributed by atoms with Gasteiger partial charge >= 0.3 is 0 Å². The number of nitrogens with two attached hydrogens (primary N) is 1. The molecule has 1 aromatic carbocycles. The molecule has 3 nitrogen and oxygen atoms in total. The summed E-state index contributed by atoms with van der Waals surface area (Å²) in [7, 11) is 0. The minimum Gasteiger partial charge on any atom is -0.321 e. The molecule has 0 bridgehead atoms. The Morgan fingerprint density at radius 1 is 1.67 bits per heavy atom. The van der Waals surface area contributed by atoms with Gasteiger partial charge in [-0.15, -0.1) is 0 Å². The SMILES string of the molecule is CC[C@@H](N)C(=O)Nc1c(F)cccc1Cl. The highest BCUT2D eigenvalue weighted by Crippen LogP contribution is 2.24. The van der Waals surface area contributed by atoms with Crippen molar-refractivity contribution in [3.8, 4) is 0 Å². The molecule has 0 radical (unpaired) electrons. The zero-order valence-electron chi connectivity index (χ0n) is 8.26. The van der Waals surface area contributed by atoms with E-state index < -0.39 is 17.8 Å². The Hall–Kier alpha value is -1.13. The van der Waals surface area contributed by atoms with Crippen molar-refractivity contribution >= 4 is 23.2 Å². The Kier molecular flexibility index (Phi) is 4.05. The number of halogens is 2. The number of carbonyl (C=O) groups is 1. The van der Waals surface area contributed by atoms with Crippen LogP contribution < -0.4 is 11.1 Å². The molecule has 0 spiro atoms. The van der Waals surface area contributed by atoms with Crippen molar-refractivity contribution in [3.63, 3.8) is 0 Å². The van der Waals surface area contributed by atoms with Crippen LogP contribution in [0.15, 0.2) is 18.2 Å². The predicted molar refractivity (Wildman–Crippen MR) is 58.3 cm³/mol. The van der Waals surface area contributed by atoms with Gasteiger partial charge in [0, 0.05) is 0 Å². The third-order valence-electron chi connectivity index (χ3n) is 1.99. The number of hydrogen-bond acceptors (Lipinski definition) is 2. The number of anilines is 1. The van der Waals surface area contributed by atoms with Crippen LogP contribution in [0.1, 0.15) is 13.3 Å². The highest BCUT2D eigenvalue weighted by molar-refractivity contribution is 6.33. The van der Waals surface area contributed by atoms with E-state index in [4.69, 9.17) is 17.3 Å². The molecule has 0 saturated heterocycles. The fourth-order valence-corrected chi connectivity index (χ4v) is 1.23. The number of amides is 1. The lowest BCUT2D eigenvalue weighted by atomic mass is 10.2. The van der Waals surface area contributed by atoms with Crippen molar-refractivity contribution in [1.82, 2.24) is 0 Å². The van der Waals surface area contributed by atoms with E-state index in [-0.39, 0.29) is 10.7 Å². The number of benzene rings is 1. The van der Waals surface area contributed by atoms with Gasteiger partial charge in [-0.1, -0.05) is 24.6 Å². The number of hydrogen-bond donors (Lipinski definition) is 2. The quantitative estimate of drug-likeness (QED) is 0.836. The van der Waals surface area contributed by atoms with Crippen LogP contribution in [-0.4, -0.2) is 11.9 Å². The third kappa shape index (κ3) is 2.91. The molecule has 0 saturated carbocycles. The largest absolute Gasteiger partial charge is 0.321 e. The molecule has 0 aliphatic carbocycles. The van der Waals surface area contributed by atoms with Gasteiger partial charge in [0.05, 0.1) is 16.8 Å². The lowest BCUT2D eigenvalue weighted by Gasteiger charge is -2.11. The molecule has 1 atom stereocenters. The van der Waals surface area contributed by atoms with Crippen LogP contribution in [0.25, 0.3) is 0 Å². The van der Waals surface area contributed by atoms with Crippen molar-refractivity contribution in [2.75, 3.05) is 5.32 Å². The Morgan fingerprint density at radius 3 is 2.87 bits per heavy atom. The van der Waals surface area contributed by atoms with Crippen LogP contribution in [0.5, 0.6) is 0 Å². The fraction of sp³-hybridized carbons (Fsp3) is 0.300. The van der Waals surface area contributed by atoms with E-state index in [1.807, 2.05) is 0 Å². The fourth-order valence-electron chi connectivity index (χ4n) is 1.02. The van der Waals surface area contributed by atoms with Crippen molar-refractivity contribution in [2.24, 2.45) is 5.73 Å². The molecule has 0 aliphatic heterocycles. The molecule has 3 N–H and O–H groups in total. The van der Waals surface area contributed by atoms with E-state index in [9.17, 15) is 9.18 Å². The van der Waals surface area contributed by atoms with Crippen LogP contribution in [0.4, 0.5) is 10.1 Å². The topological polar surface area (TPSA) is 55.1 Å². The molecule has 1 rings (SSSR count). The Balaban J connectivity index is 2.85. The van der Waals surface area contributed by atoms with Gasteiger partial charge in [-0.25, -0.2) is 4.39 Å². The maximum Gasteiger partial charge on any atom is 0.241 e. The van der Waals surface area contributed by atoms with Gasteiger partial charge in [0.1, 0.15) is 5.82 Å². The van der Waals surface area contributed by atoms with E-state index >= 15 is 0 Å². The summed E-state index contributed by atoms with van der Waals surface area (Å²) in [5.41, 5.74) is 5.47. The normalized spacial score (nSPS) is 12.3. The highest BCUT2D eigenvalue weighted by atomic mass is 35.5. The molecule has 0 aromatic heterocycles. The van der Waals surface area contributed by atoms with Crippen LogP contribution in [0.2, 0.25) is 5.02 Å². The second-order valence-corrected chi connectivity index (χ2v) is 3.51. The summed E-state index contributed by atoms with van der Waals surface area (Å²) in [5, 5.41) is 2.52. The van der Waals surface area contributed by atoms with Crippen molar-refractivity contribution in [3.05, 3.63) is 29.0 Å². The van der Waals surface area contributed by atoms with Crippen LogP contribution in [-0.2, 0) is 4.79 Å². The third-order valence-corrected chi connectivity index (χ3v) is 2.30. The molecule has 1 aromatic rings. The smallest absolute Gasteiger partial charge is 0.241 e. The van der Waals surface area contributed by atoms with E-state index in [2.05, 4.69) is 5.32 Å². The summed E-state index contributed by atoms with van der Waals surface area (Å²) in [6.07, 6.45) is 0.484. The molecular weight excluding hydrogens is 219 g/mol. The number of para-hydroxylation sites is 1. The minimum atomic E-state index is -0.652. The molecule has 5 heteroatoms. The van der Waals surface area contributed by atoms with Crippen molar-refractivity contribution in [1.29, 1.82) is 0 Å². The standard InChI is InChI=1S/C10H12ClFN2O/c1-2-8(13)10(15)14-9-6(11)4-3-5-7(9)12/h3-5,8H,2,13H2,1H3,(H,14,15)/t8-/m1/s1. The average Bonchev–Trinajstić information content (AvgIpc) is 2.22. The van der Waals surface area contributed by atoms with E-state index in [1.165, 1.54) is 18.2 Å². The van der Waals surface area contributed by atoms with Crippen LogP contribution in [0, 0.1) is 5.82 Å². The molecule has 0 fully saturated rings. The summed E-state index contributed by atoms with van der Waals surface area (Å²) in [4.78, 5) is 11.4. The van der Waals surface area contributed by atoms with Gasteiger partial charge in [-0.3, -0.25) is 4.79 Å². The summed E-state index contributed by atoms with van der Waals surface area (Å²) >= 11 is 5.73. The lowest BCUT2D eigenvalue weighted by Crippen LogP contribution is -2.35. The molecule has 82 valence electrons. The zero-order chi connectivity index (χ0) is 11.4. The van der Waals surface area contributed by atoms with Gasteiger partial charge in [0.25, 0.3) is 0 Å². The van der Waals surface area contributed by atoms with E-state index in [0.717, 1.165) is 0 Å². The van der Waals surface area contributed by atoms with Gasteiger partial charge in [0.15, 0.2) is 0 Å². The first kappa shape index (κ1) is 11.9. The number of carbonyl (C=O) groups excluding carboxylic acids is 1. The monoisotopic (exact) mass is 230 g/mol. The van der Waals surface area contributed by atoms with Gasteiger partial charge in [0.2, 0.25) is 5.91 Å². The van der Waals surface area contributed by atoms with E-state index in [1.54, 1.807) is 6.92 Å². The second-order valence-electron chi connectivity index (χ2n) is 3.10. The summed E-state index contributed by atoms with van der Waals surface area (Å²) in [5.74, 6) is -1.01. The summed E-state index contributed by atoms with van der Waals surface area (Å²) in [6, 6.07) is 3.53. The molecule has 1 amide bonds. The highest BCUT2D eigenvalue weighted by Gasteiger charge is 2.15. The predicted octanol–water partition coefficient (Wildman–Crippen LogP) is 2.15. The molecule has 15 heavy (non-hydrogen) atoms. The maximum absolute atomic E-state index is 13.2. The minimum absolute atomic E-state index is 0.0203. The molecule has 0 heterocycles. The molecular formula is C10H12ClFN2O. The van der Waals surface area contributed by atoms with Gasteiger partial charge < -0.3 is 11.1 Å². The first-order valence-electron chi connectivity index (χ1n) is 4.56. The van der Waals surface area contributed by atoms with Crippen molar-refractivity contribution < 1.29 is 9.18 Å². The van der Waals surface area contributed by atoms with Gasteiger partial charge in [-0.05, 0) is 18.6 Å². The summed E-state index contributed by atoms with van der Waals surface area (Å²) in [6.45, 7) is 1.77. The van der Waals surface area contributed by atoms with Crippen molar-refractivity contribution in [2.45, 2.75) is 19.4 Å². The Labute approximate surface area is 92.4 Å². The Bertz CT molecular complexity index is 350. The zero-order valence-corrected chi connectivity index (χ0v) is 9.01. The lowest BCUT2D eigenvalue weighted by molar-refractivity contribution is -0.117. The van der Waals surface area contributed by atoms with Crippen LogP contribution >= 0.6 is 11.6 Å². The van der Waals surface area contributed by atoms with Crippen LogP contribution in [0.3, 0.4) is 0 Å². The first-order chi connectivity index (χ1) is 7.06. The Morgan fingerprint density at radius 2 is 2.33 bits per heavy atom. The maximum atomic E-state index is 13.2. The van der Waals surface area contributed by atoms with E-state index in [0.29, 0.717) is 6.42 Å².